The largest absolute Gasteiger partial charge is 0.447 e. The van der Waals surface area contributed by atoms with Gasteiger partial charge in [-0.15, -0.1) is 0 Å². The smallest absolute Gasteiger partial charge is 0.217 e. The Balaban J connectivity index is 1.61. The summed E-state index contributed by atoms with van der Waals surface area (Å²) < 4.78 is 12.7. The first-order valence-electron chi connectivity index (χ1n) is 12.5. The lowest BCUT2D eigenvalue weighted by Gasteiger charge is -2.52. The van der Waals surface area contributed by atoms with Gasteiger partial charge in [-0.25, -0.2) is 0 Å². The van der Waals surface area contributed by atoms with Gasteiger partial charge in [0.15, 0.2) is 5.41 Å². The van der Waals surface area contributed by atoms with E-state index >= 15 is 0 Å². The predicted molar refractivity (Wildman–Crippen MR) is 134 cm³/mol. The van der Waals surface area contributed by atoms with Gasteiger partial charge in [0.05, 0.1) is 24.1 Å². The first kappa shape index (κ1) is 23.9. The first-order chi connectivity index (χ1) is 17.4. The zero-order valence-corrected chi connectivity index (χ0v) is 20.6. The van der Waals surface area contributed by atoms with Crippen molar-refractivity contribution in [2.75, 3.05) is 18.0 Å². The zero-order chi connectivity index (χ0) is 25.6. The van der Waals surface area contributed by atoms with Crippen LogP contribution in [0.2, 0.25) is 0 Å². The number of hydrogen-bond donors (Lipinski definition) is 1. The predicted octanol–water partition coefficient (Wildman–Crippen LogP) is 5.44. The molecule has 5 unspecified atom stereocenters. The molecule has 1 saturated carbocycles. The highest BCUT2D eigenvalue weighted by Crippen LogP contribution is 2.70. The Bertz CT molecular complexity index is 1270. The molecule has 182 valence electrons. The van der Waals surface area contributed by atoms with Crippen molar-refractivity contribution < 1.29 is 9.47 Å². The van der Waals surface area contributed by atoms with Gasteiger partial charge in [-0.05, 0) is 55.9 Å². The van der Waals surface area contributed by atoms with Crippen molar-refractivity contribution in [3.8, 4) is 18.2 Å². The van der Waals surface area contributed by atoms with Crippen LogP contribution in [0.25, 0.3) is 0 Å². The minimum absolute atomic E-state index is 0.120. The van der Waals surface area contributed by atoms with E-state index in [2.05, 4.69) is 49.1 Å². The highest BCUT2D eigenvalue weighted by atomic mass is 16.7. The van der Waals surface area contributed by atoms with Gasteiger partial charge < -0.3 is 14.4 Å². The van der Waals surface area contributed by atoms with Crippen LogP contribution in [0.15, 0.2) is 54.6 Å². The van der Waals surface area contributed by atoms with E-state index < -0.39 is 28.6 Å². The molecule has 2 aromatic carbocycles. The molecule has 0 radical (unpaired) electrons. The molecule has 2 bridgehead atoms. The number of anilines is 1. The third kappa shape index (κ3) is 3.01. The molecule has 3 fully saturated rings. The molecule has 5 atom stereocenters. The van der Waals surface area contributed by atoms with E-state index in [1.165, 1.54) is 0 Å². The molecule has 1 aliphatic carbocycles. The van der Waals surface area contributed by atoms with E-state index in [9.17, 15) is 15.8 Å². The van der Waals surface area contributed by atoms with Gasteiger partial charge in [-0.2, -0.15) is 15.8 Å². The highest BCUT2D eigenvalue weighted by molar-refractivity contribution is 5.89. The number of nitriles is 3. The van der Waals surface area contributed by atoms with Crippen LogP contribution in [0.4, 0.5) is 5.69 Å². The summed E-state index contributed by atoms with van der Waals surface area (Å²) in [5, 5.41) is 40.5. The number of nitrogens with zero attached hydrogens (tertiary/aromatic N) is 4. The van der Waals surface area contributed by atoms with E-state index in [0.717, 1.165) is 30.8 Å². The minimum atomic E-state index is -1.93. The molecule has 7 nitrogen and oxygen atoms in total. The van der Waals surface area contributed by atoms with Crippen molar-refractivity contribution in [1.29, 1.82) is 21.2 Å². The second-order valence-corrected chi connectivity index (χ2v) is 9.89. The Kier molecular flexibility index (Phi) is 5.74. The molecule has 2 heterocycles. The Morgan fingerprint density at radius 2 is 1.61 bits per heavy atom. The molecule has 3 aliphatic rings. The van der Waals surface area contributed by atoms with E-state index in [4.69, 9.17) is 14.9 Å². The Morgan fingerprint density at radius 1 is 0.944 bits per heavy atom. The Labute approximate surface area is 212 Å². The van der Waals surface area contributed by atoms with Gasteiger partial charge in [0, 0.05) is 25.2 Å². The molecule has 0 amide bonds. The highest BCUT2D eigenvalue weighted by Gasteiger charge is 2.81. The van der Waals surface area contributed by atoms with Crippen LogP contribution in [0.3, 0.4) is 0 Å². The fourth-order valence-corrected chi connectivity index (χ4v) is 6.62. The third-order valence-corrected chi connectivity index (χ3v) is 8.51. The fraction of sp³-hybridized carbons (Fsp3) is 0.448. The van der Waals surface area contributed by atoms with Crippen molar-refractivity contribution in [1.82, 2.24) is 0 Å². The summed E-state index contributed by atoms with van der Waals surface area (Å²) in [4.78, 5) is 2.20. The molecular formula is C29H29N5O2. The van der Waals surface area contributed by atoms with Crippen LogP contribution in [0.5, 0.6) is 0 Å². The zero-order valence-electron chi connectivity index (χ0n) is 20.6. The monoisotopic (exact) mass is 479 g/mol. The van der Waals surface area contributed by atoms with Crippen molar-refractivity contribution in [2.24, 2.45) is 16.7 Å². The molecule has 0 aromatic heterocycles. The third-order valence-electron chi connectivity index (χ3n) is 8.51. The summed E-state index contributed by atoms with van der Waals surface area (Å²) in [6.45, 7) is 5.87. The molecular weight excluding hydrogens is 450 g/mol. The van der Waals surface area contributed by atoms with Crippen molar-refractivity contribution >= 4 is 11.6 Å². The molecule has 1 N–H and O–H groups in total. The summed E-state index contributed by atoms with van der Waals surface area (Å²) in [5.74, 6) is -2.02. The van der Waals surface area contributed by atoms with Gasteiger partial charge in [-0.1, -0.05) is 42.5 Å². The summed E-state index contributed by atoms with van der Waals surface area (Å²) in [6.07, 6.45) is 0.711. The standard InChI is InChI=1S/C29H29N5O2/c1-3-34(4-2)23-12-10-21(11-13-23)25-27(17-30,18-31)28(19-32)24-16-22(20-8-6-5-7-9-20)14-15-29(24,35-25)36-26(28)33/h5-13,22,24-25,33H,3-4,14-16H2,1-2H3. The number of ether oxygens (including phenoxy) is 2. The molecule has 0 spiro atoms. The minimum Gasteiger partial charge on any atom is -0.447 e. The second-order valence-electron chi connectivity index (χ2n) is 9.89. The summed E-state index contributed by atoms with van der Waals surface area (Å²) in [5.41, 5.74) is -0.862. The maximum atomic E-state index is 10.6. The second kappa shape index (κ2) is 8.66. The number of hydrogen-bond acceptors (Lipinski definition) is 7. The lowest BCUT2D eigenvalue weighted by atomic mass is 9.50. The summed E-state index contributed by atoms with van der Waals surface area (Å²) in [7, 11) is 0. The van der Waals surface area contributed by atoms with Crippen LogP contribution >= 0.6 is 0 Å². The maximum Gasteiger partial charge on any atom is 0.217 e. The summed E-state index contributed by atoms with van der Waals surface area (Å²) in [6, 6.07) is 24.3. The van der Waals surface area contributed by atoms with E-state index in [1.54, 1.807) is 0 Å². The average molecular weight is 480 g/mol. The van der Waals surface area contributed by atoms with Crippen LogP contribution < -0.4 is 4.90 Å². The fourth-order valence-electron chi connectivity index (χ4n) is 6.62. The molecule has 7 heteroatoms. The van der Waals surface area contributed by atoms with E-state index in [1.807, 2.05) is 42.5 Å². The van der Waals surface area contributed by atoms with Gasteiger partial charge in [-0.3, -0.25) is 5.41 Å². The van der Waals surface area contributed by atoms with Crippen LogP contribution in [0.1, 0.15) is 56.3 Å². The van der Waals surface area contributed by atoms with Crippen molar-refractivity contribution in [3.63, 3.8) is 0 Å². The number of rotatable bonds is 5. The van der Waals surface area contributed by atoms with Gasteiger partial charge >= 0.3 is 0 Å². The normalized spacial score (nSPS) is 31.8. The van der Waals surface area contributed by atoms with Crippen LogP contribution in [-0.2, 0) is 9.47 Å². The maximum absolute atomic E-state index is 10.6. The first-order valence-corrected chi connectivity index (χ1v) is 12.5. The van der Waals surface area contributed by atoms with E-state index in [0.29, 0.717) is 18.4 Å². The molecule has 2 saturated heterocycles. The van der Waals surface area contributed by atoms with Crippen LogP contribution in [-0.4, -0.2) is 24.8 Å². The van der Waals surface area contributed by atoms with Gasteiger partial charge in [0.25, 0.3) is 0 Å². The van der Waals surface area contributed by atoms with Crippen molar-refractivity contribution in [3.05, 3.63) is 65.7 Å². The lowest BCUT2D eigenvalue weighted by molar-refractivity contribution is -0.296. The topological polar surface area (TPSA) is 117 Å². The quantitative estimate of drug-likeness (QED) is 0.611. The summed E-state index contributed by atoms with van der Waals surface area (Å²) >= 11 is 0. The Hall–Kier alpha value is -3.86. The lowest BCUT2D eigenvalue weighted by Crippen LogP contribution is -2.60. The molecule has 36 heavy (non-hydrogen) atoms. The average Bonchev–Trinajstić information content (AvgIpc) is 3.13. The van der Waals surface area contributed by atoms with Gasteiger partial charge in [0.1, 0.15) is 6.10 Å². The molecule has 2 aliphatic heterocycles. The Morgan fingerprint density at radius 3 is 2.19 bits per heavy atom. The number of nitrogens with one attached hydrogen (secondary N) is 1. The molecule has 2 aromatic rings. The van der Waals surface area contributed by atoms with Crippen LogP contribution in [0, 0.1) is 56.2 Å². The molecule has 5 rings (SSSR count). The SMILES string of the molecule is CCN(CC)c1ccc(C2OC34CCC(c5ccccc5)CC3C(C#N)(C(=N)O4)C2(C#N)C#N)cc1. The number of benzene rings is 2. The van der Waals surface area contributed by atoms with Crippen molar-refractivity contribution in [2.45, 2.75) is 50.9 Å². The van der Waals surface area contributed by atoms with Gasteiger partial charge in [0.2, 0.25) is 17.1 Å². The van der Waals surface area contributed by atoms with E-state index in [-0.39, 0.29) is 11.8 Å².